The number of nitrogens with one attached hydrogen (secondary N) is 1. The van der Waals surface area contributed by atoms with Crippen LogP contribution in [0.15, 0.2) is 48.7 Å². The minimum atomic E-state index is 0.252. The van der Waals surface area contributed by atoms with Crippen molar-refractivity contribution in [3.8, 4) is 17.2 Å². The lowest BCUT2D eigenvalue weighted by Crippen LogP contribution is -1.96. The summed E-state index contributed by atoms with van der Waals surface area (Å²) in [4.78, 5) is 3.12. The van der Waals surface area contributed by atoms with Crippen molar-refractivity contribution in [3.63, 3.8) is 0 Å². The largest absolute Gasteiger partial charge is 0.507 e. The molecule has 1 aromatic heterocycles. The fraction of sp³-hybridized carbons (Fsp3) is 0.125. The Balaban J connectivity index is 1.87. The minimum Gasteiger partial charge on any atom is -0.507 e. The van der Waals surface area contributed by atoms with Crippen molar-refractivity contribution in [3.05, 3.63) is 54.2 Å². The Bertz CT molecular complexity index is 733. The Morgan fingerprint density at radius 1 is 1.05 bits per heavy atom. The Hall–Kier alpha value is -2.62. The molecule has 102 valence electrons. The quantitative estimate of drug-likeness (QED) is 0.762. The predicted octanol–water partition coefficient (Wildman–Crippen LogP) is 3.46. The third kappa shape index (κ3) is 2.16. The number of hydrogen-bond donors (Lipinski definition) is 2. The van der Waals surface area contributed by atoms with E-state index in [0.717, 1.165) is 16.5 Å². The summed E-state index contributed by atoms with van der Waals surface area (Å²) in [5.74, 6) is 1.62. The van der Waals surface area contributed by atoms with E-state index in [1.807, 2.05) is 36.5 Å². The van der Waals surface area contributed by atoms with Crippen LogP contribution < -0.4 is 9.47 Å². The van der Waals surface area contributed by atoms with E-state index in [0.29, 0.717) is 18.1 Å². The molecule has 0 atom stereocenters. The molecule has 2 N–H and O–H groups in total. The van der Waals surface area contributed by atoms with Crippen LogP contribution >= 0.6 is 0 Å². The van der Waals surface area contributed by atoms with Crippen LogP contribution in [0, 0.1) is 0 Å². The molecule has 0 aliphatic rings. The van der Waals surface area contributed by atoms with Crippen molar-refractivity contribution in [2.75, 3.05) is 7.11 Å². The third-order valence-electron chi connectivity index (χ3n) is 3.22. The highest BCUT2D eigenvalue weighted by molar-refractivity contribution is 5.88. The number of methoxy groups -OCH3 is 1. The molecule has 4 nitrogen and oxygen atoms in total. The Labute approximate surface area is 116 Å². The second-order valence-corrected chi connectivity index (χ2v) is 4.45. The molecule has 0 radical (unpaired) electrons. The van der Waals surface area contributed by atoms with E-state index in [9.17, 15) is 5.11 Å². The maximum Gasteiger partial charge on any atom is 0.161 e. The van der Waals surface area contributed by atoms with Gasteiger partial charge in [0.2, 0.25) is 0 Å². The normalized spacial score (nSPS) is 10.7. The summed E-state index contributed by atoms with van der Waals surface area (Å²) in [5.41, 5.74) is 1.80. The summed E-state index contributed by atoms with van der Waals surface area (Å²) >= 11 is 0. The van der Waals surface area contributed by atoms with Crippen LogP contribution in [0.1, 0.15) is 5.56 Å². The molecule has 0 aliphatic heterocycles. The summed E-state index contributed by atoms with van der Waals surface area (Å²) in [6.45, 7) is 0.359. The van der Waals surface area contributed by atoms with Gasteiger partial charge in [-0.1, -0.05) is 18.2 Å². The molecule has 2 aromatic carbocycles. The summed E-state index contributed by atoms with van der Waals surface area (Å²) in [7, 11) is 1.61. The number of H-pyrrole nitrogens is 1. The van der Waals surface area contributed by atoms with Gasteiger partial charge in [0, 0.05) is 22.7 Å². The van der Waals surface area contributed by atoms with E-state index < -0.39 is 0 Å². The van der Waals surface area contributed by atoms with Crippen molar-refractivity contribution < 1.29 is 14.6 Å². The highest BCUT2D eigenvalue weighted by Crippen LogP contribution is 2.30. The van der Waals surface area contributed by atoms with Crippen LogP contribution in [0.25, 0.3) is 10.9 Å². The van der Waals surface area contributed by atoms with E-state index in [1.165, 1.54) is 0 Å². The third-order valence-corrected chi connectivity index (χ3v) is 3.22. The molecule has 0 unspecified atom stereocenters. The van der Waals surface area contributed by atoms with Gasteiger partial charge in [-0.25, -0.2) is 0 Å². The lowest BCUT2D eigenvalue weighted by molar-refractivity contribution is 0.285. The van der Waals surface area contributed by atoms with Crippen LogP contribution in [0.3, 0.4) is 0 Å². The maximum absolute atomic E-state index is 9.94. The van der Waals surface area contributed by atoms with E-state index in [2.05, 4.69) is 4.98 Å². The summed E-state index contributed by atoms with van der Waals surface area (Å²) in [6.07, 6.45) is 1.85. The molecule has 0 saturated carbocycles. The molecule has 1 heterocycles. The second kappa shape index (κ2) is 5.17. The van der Waals surface area contributed by atoms with Crippen molar-refractivity contribution in [2.24, 2.45) is 0 Å². The summed E-state index contributed by atoms with van der Waals surface area (Å²) in [5, 5.41) is 10.7. The van der Waals surface area contributed by atoms with Gasteiger partial charge in [0.25, 0.3) is 0 Å². The Morgan fingerprint density at radius 3 is 2.65 bits per heavy atom. The first-order valence-corrected chi connectivity index (χ1v) is 6.33. The van der Waals surface area contributed by atoms with Crippen LogP contribution in [0.2, 0.25) is 0 Å². The fourth-order valence-electron chi connectivity index (χ4n) is 2.24. The minimum absolute atomic E-state index is 0.252. The first-order chi connectivity index (χ1) is 9.79. The van der Waals surface area contributed by atoms with Gasteiger partial charge in [0.1, 0.15) is 12.4 Å². The van der Waals surface area contributed by atoms with Crippen molar-refractivity contribution in [1.29, 1.82) is 0 Å². The van der Waals surface area contributed by atoms with Gasteiger partial charge < -0.3 is 19.6 Å². The number of ether oxygens (including phenoxy) is 2. The number of fused-ring (bicyclic) bond motifs is 1. The van der Waals surface area contributed by atoms with Crippen molar-refractivity contribution >= 4 is 10.9 Å². The average molecular weight is 269 g/mol. The Kier molecular flexibility index (Phi) is 3.21. The number of aromatic amines is 1. The standard InChI is InChI=1S/C16H15NO3/c1-19-14-7-2-3-8-15(14)20-10-11-9-17-12-5-4-6-13(18)16(11)12/h2-9,17-18H,10H2,1H3. The van der Waals surface area contributed by atoms with Gasteiger partial charge in [-0.05, 0) is 24.3 Å². The molecule has 0 bridgehead atoms. The van der Waals surface area contributed by atoms with Crippen LogP contribution in [-0.2, 0) is 6.61 Å². The zero-order valence-electron chi connectivity index (χ0n) is 11.1. The summed E-state index contributed by atoms with van der Waals surface area (Å²) in [6, 6.07) is 12.9. The lowest BCUT2D eigenvalue weighted by Gasteiger charge is -2.10. The van der Waals surface area contributed by atoms with E-state index in [4.69, 9.17) is 9.47 Å². The molecule has 3 aromatic rings. The van der Waals surface area contributed by atoms with Gasteiger partial charge in [0.05, 0.1) is 7.11 Å². The number of para-hydroxylation sites is 2. The molecule has 0 amide bonds. The topological polar surface area (TPSA) is 54.5 Å². The Morgan fingerprint density at radius 2 is 1.85 bits per heavy atom. The fourth-order valence-corrected chi connectivity index (χ4v) is 2.24. The number of phenolic OH excluding ortho intramolecular Hbond substituents is 1. The molecule has 0 saturated heterocycles. The van der Waals surface area contributed by atoms with Gasteiger partial charge in [-0.2, -0.15) is 0 Å². The number of aromatic nitrogens is 1. The molecular weight excluding hydrogens is 254 g/mol. The molecule has 0 spiro atoms. The van der Waals surface area contributed by atoms with E-state index in [-0.39, 0.29) is 5.75 Å². The zero-order valence-corrected chi connectivity index (χ0v) is 11.1. The molecule has 0 fully saturated rings. The number of phenols is 1. The summed E-state index contributed by atoms with van der Waals surface area (Å²) < 4.78 is 11.0. The van der Waals surface area contributed by atoms with Crippen molar-refractivity contribution in [2.45, 2.75) is 6.61 Å². The molecule has 3 rings (SSSR count). The van der Waals surface area contributed by atoms with E-state index >= 15 is 0 Å². The SMILES string of the molecule is COc1ccccc1OCc1c[nH]c2cccc(O)c12. The molecule has 4 heteroatoms. The van der Waals surface area contributed by atoms with Crippen LogP contribution in [-0.4, -0.2) is 17.2 Å². The van der Waals surface area contributed by atoms with Crippen molar-refractivity contribution in [1.82, 2.24) is 4.98 Å². The number of benzene rings is 2. The predicted molar refractivity (Wildman–Crippen MR) is 77.3 cm³/mol. The maximum atomic E-state index is 9.94. The van der Waals surface area contributed by atoms with Gasteiger partial charge in [0.15, 0.2) is 11.5 Å². The first-order valence-electron chi connectivity index (χ1n) is 6.33. The van der Waals surface area contributed by atoms with Gasteiger partial charge in [-0.15, -0.1) is 0 Å². The number of hydrogen-bond acceptors (Lipinski definition) is 3. The molecular formula is C16H15NO3. The molecule has 0 aliphatic carbocycles. The van der Waals surface area contributed by atoms with Gasteiger partial charge in [-0.3, -0.25) is 0 Å². The van der Waals surface area contributed by atoms with Gasteiger partial charge >= 0.3 is 0 Å². The van der Waals surface area contributed by atoms with Crippen LogP contribution in [0.4, 0.5) is 0 Å². The van der Waals surface area contributed by atoms with E-state index in [1.54, 1.807) is 19.2 Å². The highest BCUT2D eigenvalue weighted by atomic mass is 16.5. The monoisotopic (exact) mass is 269 g/mol. The average Bonchev–Trinajstić information content (AvgIpc) is 2.90. The first kappa shape index (κ1) is 12.4. The lowest BCUT2D eigenvalue weighted by atomic mass is 10.1. The zero-order chi connectivity index (χ0) is 13.9. The number of rotatable bonds is 4. The number of aromatic hydroxyl groups is 1. The highest BCUT2D eigenvalue weighted by Gasteiger charge is 2.09. The molecule has 20 heavy (non-hydrogen) atoms. The second-order valence-electron chi connectivity index (χ2n) is 4.45. The smallest absolute Gasteiger partial charge is 0.161 e. The van der Waals surface area contributed by atoms with Crippen LogP contribution in [0.5, 0.6) is 17.2 Å².